The highest BCUT2D eigenvalue weighted by Crippen LogP contribution is 2.30. The first kappa shape index (κ1) is 17.9. The maximum absolute atomic E-state index is 12.4. The van der Waals surface area contributed by atoms with Gasteiger partial charge in [0.05, 0.1) is 23.5 Å². The Morgan fingerprint density at radius 2 is 1.92 bits per heavy atom. The highest BCUT2D eigenvalue weighted by molar-refractivity contribution is 7.13. The van der Waals surface area contributed by atoms with E-state index in [4.69, 9.17) is 0 Å². The van der Waals surface area contributed by atoms with Crippen LogP contribution in [0.2, 0.25) is 0 Å². The summed E-state index contributed by atoms with van der Waals surface area (Å²) in [5.74, 6) is -0.970. The molecule has 0 fully saturated rings. The number of pyridine rings is 1. The first-order valence-corrected chi connectivity index (χ1v) is 8.29. The Bertz CT molecular complexity index is 898. The highest BCUT2D eigenvalue weighted by atomic mass is 32.1. The molecule has 26 heavy (non-hydrogen) atoms. The lowest BCUT2D eigenvalue weighted by molar-refractivity contribution is -0.274. The summed E-state index contributed by atoms with van der Waals surface area (Å²) in [5, 5.41) is 4.79. The van der Waals surface area contributed by atoms with Crippen LogP contribution in [0.3, 0.4) is 0 Å². The van der Waals surface area contributed by atoms with E-state index < -0.39 is 18.0 Å². The summed E-state index contributed by atoms with van der Waals surface area (Å²) in [6, 6.07) is 10.8. The Kier molecular flexibility index (Phi) is 5.17. The number of alkyl halides is 3. The molecular weight excluding hydrogens is 367 g/mol. The maximum atomic E-state index is 12.4. The van der Waals surface area contributed by atoms with Crippen LogP contribution in [0.1, 0.15) is 5.69 Å². The topological polar surface area (TPSA) is 64.1 Å². The van der Waals surface area contributed by atoms with Crippen molar-refractivity contribution in [1.82, 2.24) is 9.97 Å². The molecule has 2 aromatic heterocycles. The van der Waals surface area contributed by atoms with Crippen LogP contribution < -0.4 is 10.1 Å². The summed E-state index contributed by atoms with van der Waals surface area (Å²) in [5.41, 5.74) is 1.13. The zero-order valence-electron chi connectivity index (χ0n) is 13.2. The monoisotopic (exact) mass is 379 g/mol. The molecule has 9 heteroatoms. The van der Waals surface area contributed by atoms with Gasteiger partial charge in [0.25, 0.3) is 0 Å². The van der Waals surface area contributed by atoms with Gasteiger partial charge < -0.3 is 10.1 Å². The van der Waals surface area contributed by atoms with E-state index in [2.05, 4.69) is 20.0 Å². The third-order valence-electron chi connectivity index (χ3n) is 3.16. The molecule has 2 heterocycles. The summed E-state index contributed by atoms with van der Waals surface area (Å²) >= 11 is 1.33. The minimum Gasteiger partial charge on any atom is -0.404 e. The van der Waals surface area contributed by atoms with Crippen LogP contribution in [0, 0.1) is 0 Å². The predicted molar refractivity (Wildman–Crippen MR) is 90.8 cm³/mol. The molecule has 0 saturated heterocycles. The van der Waals surface area contributed by atoms with Crippen LogP contribution in [0.5, 0.6) is 5.75 Å². The van der Waals surface area contributed by atoms with Crippen LogP contribution in [0.15, 0.2) is 54.0 Å². The number of ether oxygens (including phenoxy) is 1. The number of rotatable bonds is 5. The minimum atomic E-state index is -4.84. The summed E-state index contributed by atoms with van der Waals surface area (Å²) < 4.78 is 41.2. The van der Waals surface area contributed by atoms with Crippen molar-refractivity contribution in [2.75, 3.05) is 5.32 Å². The Balaban J connectivity index is 1.68. The van der Waals surface area contributed by atoms with E-state index in [1.165, 1.54) is 29.5 Å². The van der Waals surface area contributed by atoms with Crippen LogP contribution in [-0.4, -0.2) is 22.2 Å². The van der Waals surface area contributed by atoms with E-state index in [9.17, 15) is 18.0 Å². The average Bonchev–Trinajstić information content (AvgIpc) is 3.04. The van der Waals surface area contributed by atoms with E-state index >= 15 is 0 Å². The molecule has 1 amide bonds. The van der Waals surface area contributed by atoms with Crippen molar-refractivity contribution in [1.29, 1.82) is 0 Å². The Hall–Kier alpha value is -2.94. The first-order chi connectivity index (χ1) is 12.4. The largest absolute Gasteiger partial charge is 0.573 e. The van der Waals surface area contributed by atoms with Gasteiger partial charge in [-0.05, 0) is 24.3 Å². The molecule has 0 spiro atoms. The number of nitrogens with zero attached hydrogens (tertiary/aromatic N) is 2. The van der Waals surface area contributed by atoms with Crippen molar-refractivity contribution in [3.05, 3.63) is 59.7 Å². The predicted octanol–water partition coefficient (Wildman–Crippen LogP) is 4.28. The molecule has 0 bridgehead atoms. The van der Waals surface area contributed by atoms with Gasteiger partial charge in [-0.2, -0.15) is 0 Å². The quantitative estimate of drug-likeness (QED) is 0.719. The van der Waals surface area contributed by atoms with Gasteiger partial charge in [-0.1, -0.05) is 18.2 Å². The fourth-order valence-electron chi connectivity index (χ4n) is 2.14. The number of amides is 1. The molecule has 5 nitrogen and oxygen atoms in total. The Morgan fingerprint density at radius 3 is 2.65 bits per heavy atom. The van der Waals surface area contributed by atoms with Crippen molar-refractivity contribution in [2.45, 2.75) is 12.8 Å². The molecule has 1 N–H and O–H groups in total. The van der Waals surface area contributed by atoms with E-state index in [0.29, 0.717) is 16.4 Å². The number of anilines is 1. The normalized spacial score (nSPS) is 11.2. The summed E-state index contributed by atoms with van der Waals surface area (Å²) in [7, 11) is 0. The van der Waals surface area contributed by atoms with Crippen LogP contribution in [0.4, 0.5) is 18.9 Å². The number of halogens is 3. The molecule has 0 unspecified atom stereocenters. The number of thiazole rings is 1. The van der Waals surface area contributed by atoms with Crippen molar-refractivity contribution in [3.63, 3.8) is 0 Å². The van der Waals surface area contributed by atoms with Crippen molar-refractivity contribution >= 4 is 22.9 Å². The fourth-order valence-corrected chi connectivity index (χ4v) is 2.93. The summed E-state index contributed by atoms with van der Waals surface area (Å²) in [6.45, 7) is 0. The molecule has 0 aliphatic heterocycles. The molecule has 1 aromatic carbocycles. The van der Waals surface area contributed by atoms with E-state index in [1.54, 1.807) is 23.7 Å². The van der Waals surface area contributed by atoms with Crippen molar-refractivity contribution in [3.8, 4) is 16.5 Å². The van der Waals surface area contributed by atoms with Gasteiger partial charge in [-0.3, -0.25) is 9.78 Å². The molecule has 0 saturated carbocycles. The maximum Gasteiger partial charge on any atom is 0.573 e. The molecule has 134 valence electrons. The van der Waals surface area contributed by atoms with Gasteiger partial charge in [0.1, 0.15) is 5.01 Å². The van der Waals surface area contributed by atoms with Crippen molar-refractivity contribution in [2.24, 2.45) is 0 Å². The van der Waals surface area contributed by atoms with Gasteiger partial charge in [0.2, 0.25) is 5.91 Å². The number of benzene rings is 1. The van der Waals surface area contributed by atoms with Gasteiger partial charge in [0, 0.05) is 11.6 Å². The third kappa shape index (κ3) is 4.79. The van der Waals surface area contributed by atoms with Gasteiger partial charge in [0.15, 0.2) is 5.75 Å². The number of carbonyl (C=O) groups is 1. The summed E-state index contributed by atoms with van der Waals surface area (Å²) in [6.07, 6.45) is -3.28. The van der Waals surface area contributed by atoms with Gasteiger partial charge >= 0.3 is 6.36 Å². The molecule has 0 radical (unpaired) electrons. The molecule has 0 aliphatic carbocycles. The van der Waals surface area contributed by atoms with E-state index in [1.807, 2.05) is 6.07 Å². The Labute approximate surface area is 150 Å². The lowest BCUT2D eigenvalue weighted by Gasteiger charge is -2.13. The average molecular weight is 379 g/mol. The van der Waals surface area contributed by atoms with Gasteiger partial charge in [-0.15, -0.1) is 24.5 Å². The SMILES string of the molecule is O=C(Cc1csc(-c2ccccn2)n1)Nc1ccccc1OC(F)(F)F. The molecule has 3 aromatic rings. The number of para-hydroxylation sites is 2. The molecule has 3 rings (SSSR count). The second-order valence-corrected chi connectivity index (χ2v) is 5.99. The number of nitrogens with one attached hydrogen (secondary N) is 1. The van der Waals surface area contributed by atoms with Crippen LogP contribution >= 0.6 is 11.3 Å². The molecular formula is C17H12F3N3O2S. The first-order valence-electron chi connectivity index (χ1n) is 7.41. The van der Waals surface area contributed by atoms with E-state index in [0.717, 1.165) is 6.07 Å². The zero-order chi connectivity index (χ0) is 18.6. The zero-order valence-corrected chi connectivity index (χ0v) is 14.0. The third-order valence-corrected chi connectivity index (χ3v) is 4.08. The molecule has 0 aliphatic rings. The Morgan fingerprint density at radius 1 is 1.15 bits per heavy atom. The number of carbonyl (C=O) groups excluding carboxylic acids is 1. The van der Waals surface area contributed by atoms with Gasteiger partial charge in [-0.25, -0.2) is 4.98 Å². The van der Waals surface area contributed by atoms with Crippen LogP contribution in [-0.2, 0) is 11.2 Å². The second kappa shape index (κ2) is 7.52. The van der Waals surface area contributed by atoms with E-state index in [-0.39, 0.29) is 12.1 Å². The highest BCUT2D eigenvalue weighted by Gasteiger charge is 2.32. The standard InChI is InChI=1S/C17H12F3N3O2S/c18-17(19,20)25-14-7-2-1-5-12(14)23-15(24)9-11-10-26-16(22-11)13-6-3-4-8-21-13/h1-8,10H,9H2,(H,23,24). The number of hydrogen-bond acceptors (Lipinski definition) is 5. The fraction of sp³-hybridized carbons (Fsp3) is 0.118. The second-order valence-electron chi connectivity index (χ2n) is 5.13. The lowest BCUT2D eigenvalue weighted by Crippen LogP contribution is -2.20. The number of aromatic nitrogens is 2. The molecule has 0 atom stereocenters. The summed E-state index contributed by atoms with van der Waals surface area (Å²) in [4.78, 5) is 20.7. The van der Waals surface area contributed by atoms with Crippen LogP contribution in [0.25, 0.3) is 10.7 Å². The van der Waals surface area contributed by atoms with Crippen molar-refractivity contribution < 1.29 is 22.7 Å². The number of hydrogen-bond donors (Lipinski definition) is 1. The lowest BCUT2D eigenvalue weighted by atomic mass is 10.2. The minimum absolute atomic E-state index is 0.0602. The smallest absolute Gasteiger partial charge is 0.404 e.